The van der Waals surface area contributed by atoms with Gasteiger partial charge in [0.05, 0.1) is 5.69 Å². The molecule has 0 saturated heterocycles. The molecule has 0 aliphatic heterocycles. The summed E-state index contributed by atoms with van der Waals surface area (Å²) in [5.74, 6) is 0.622. The number of rotatable bonds is 3. The summed E-state index contributed by atoms with van der Waals surface area (Å²) in [5.41, 5.74) is 3.31. The van der Waals surface area contributed by atoms with E-state index in [1.807, 2.05) is 5.38 Å². The Hall–Kier alpha value is -1.13. The summed E-state index contributed by atoms with van der Waals surface area (Å²) in [6.45, 7) is -0.0179. The lowest BCUT2D eigenvalue weighted by molar-refractivity contribution is 0.191. The monoisotopic (exact) mass is 220 g/mol. The summed E-state index contributed by atoms with van der Waals surface area (Å²) in [4.78, 5) is 0. The van der Waals surface area contributed by atoms with Crippen molar-refractivity contribution in [3.05, 3.63) is 28.6 Å². The molecule has 0 bridgehead atoms. The maximum Gasteiger partial charge on any atom is 0.136 e. The number of hydrogen-bond acceptors (Lipinski definition) is 3. The first-order valence-corrected chi connectivity index (χ1v) is 6.04. The summed E-state index contributed by atoms with van der Waals surface area (Å²) in [6.07, 6.45) is 2.46. The van der Waals surface area contributed by atoms with Crippen LogP contribution in [-0.4, -0.2) is 14.9 Å². The van der Waals surface area contributed by atoms with Gasteiger partial charge >= 0.3 is 0 Å². The Morgan fingerprint density at radius 1 is 1.53 bits per heavy atom. The fraction of sp³-hybridized carbons (Fsp3) is 0.364. The maximum atomic E-state index is 9.21. The zero-order chi connectivity index (χ0) is 10.3. The van der Waals surface area contributed by atoms with Crippen molar-refractivity contribution >= 4 is 11.3 Å². The van der Waals surface area contributed by atoms with Crippen molar-refractivity contribution in [3.63, 3.8) is 0 Å². The van der Waals surface area contributed by atoms with Gasteiger partial charge in [-0.2, -0.15) is 16.4 Å². The third-order valence-corrected chi connectivity index (χ3v) is 3.44. The van der Waals surface area contributed by atoms with Crippen molar-refractivity contribution in [2.45, 2.75) is 25.5 Å². The zero-order valence-corrected chi connectivity index (χ0v) is 9.07. The van der Waals surface area contributed by atoms with Gasteiger partial charge in [-0.25, -0.2) is 4.68 Å². The quantitative estimate of drug-likeness (QED) is 0.862. The summed E-state index contributed by atoms with van der Waals surface area (Å²) in [5, 5.41) is 17.7. The highest BCUT2D eigenvalue weighted by atomic mass is 32.1. The molecule has 2 aromatic rings. The summed E-state index contributed by atoms with van der Waals surface area (Å²) in [6, 6.07) is 4.17. The number of aliphatic hydroxyl groups excluding tert-OH is 1. The second-order valence-corrected chi connectivity index (χ2v) is 4.66. The first kappa shape index (κ1) is 9.12. The highest BCUT2D eigenvalue weighted by Crippen LogP contribution is 2.41. The van der Waals surface area contributed by atoms with Crippen LogP contribution >= 0.6 is 11.3 Å². The normalized spacial score (nSPS) is 15.8. The van der Waals surface area contributed by atoms with Crippen LogP contribution in [0.5, 0.6) is 0 Å². The Kier molecular flexibility index (Phi) is 2.11. The molecule has 1 N–H and O–H groups in total. The molecule has 0 atom stereocenters. The molecular formula is C11H12N2OS. The summed E-state index contributed by atoms with van der Waals surface area (Å²) in [7, 11) is 0. The van der Waals surface area contributed by atoms with Gasteiger partial charge in [0, 0.05) is 22.6 Å². The Morgan fingerprint density at radius 2 is 2.40 bits per heavy atom. The van der Waals surface area contributed by atoms with Crippen LogP contribution in [0.15, 0.2) is 22.9 Å². The molecule has 3 rings (SSSR count). The smallest absolute Gasteiger partial charge is 0.136 e. The van der Waals surface area contributed by atoms with E-state index in [-0.39, 0.29) is 6.73 Å². The van der Waals surface area contributed by atoms with Gasteiger partial charge in [0.2, 0.25) is 0 Å². The van der Waals surface area contributed by atoms with E-state index in [4.69, 9.17) is 0 Å². The van der Waals surface area contributed by atoms with Crippen molar-refractivity contribution < 1.29 is 5.11 Å². The standard InChI is InChI=1S/C11H12N2OS/c14-7-13-11(8-1-2-8)5-10(12-13)9-3-4-15-6-9/h3-6,8,14H,1-2,7H2. The molecule has 15 heavy (non-hydrogen) atoms. The molecule has 1 aliphatic carbocycles. The topological polar surface area (TPSA) is 38.0 Å². The molecule has 1 fully saturated rings. The first-order valence-electron chi connectivity index (χ1n) is 5.09. The Labute approximate surface area is 92.0 Å². The molecule has 78 valence electrons. The van der Waals surface area contributed by atoms with E-state index in [1.165, 1.54) is 18.5 Å². The van der Waals surface area contributed by atoms with Gasteiger partial charge in [-0.15, -0.1) is 0 Å². The van der Waals surface area contributed by atoms with E-state index in [0.717, 1.165) is 11.3 Å². The number of hydrogen-bond donors (Lipinski definition) is 1. The molecule has 2 aromatic heterocycles. The van der Waals surface area contributed by atoms with Gasteiger partial charge < -0.3 is 5.11 Å². The third-order valence-electron chi connectivity index (χ3n) is 2.76. The number of thiophene rings is 1. The predicted octanol–water partition coefficient (Wildman–Crippen LogP) is 2.44. The molecule has 0 aromatic carbocycles. The molecule has 2 heterocycles. The van der Waals surface area contributed by atoms with Crippen molar-refractivity contribution in [1.29, 1.82) is 0 Å². The molecule has 0 spiro atoms. The molecule has 3 nitrogen and oxygen atoms in total. The van der Waals surface area contributed by atoms with Gasteiger partial charge in [0.15, 0.2) is 0 Å². The molecule has 0 unspecified atom stereocenters. The largest absolute Gasteiger partial charge is 0.374 e. The van der Waals surface area contributed by atoms with Gasteiger partial charge in [-0.3, -0.25) is 0 Å². The Morgan fingerprint density at radius 3 is 3.00 bits per heavy atom. The average molecular weight is 220 g/mol. The first-order chi connectivity index (χ1) is 7.38. The van der Waals surface area contributed by atoms with Crippen LogP contribution in [0.2, 0.25) is 0 Å². The van der Waals surface area contributed by atoms with E-state index in [9.17, 15) is 5.11 Å². The fourth-order valence-electron chi connectivity index (χ4n) is 1.80. The molecule has 4 heteroatoms. The SMILES string of the molecule is OCn1nc(-c2ccsc2)cc1C1CC1. The van der Waals surface area contributed by atoms with Crippen LogP contribution in [0.25, 0.3) is 11.3 Å². The Balaban J connectivity index is 2.03. The lowest BCUT2D eigenvalue weighted by Crippen LogP contribution is -2.02. The predicted molar refractivity (Wildman–Crippen MR) is 59.7 cm³/mol. The average Bonchev–Trinajstić information content (AvgIpc) is 2.83. The van der Waals surface area contributed by atoms with Crippen molar-refractivity contribution in [2.24, 2.45) is 0 Å². The molecule has 1 aliphatic rings. The van der Waals surface area contributed by atoms with Gasteiger partial charge in [0.1, 0.15) is 6.73 Å². The third kappa shape index (κ3) is 1.60. The molecule has 0 amide bonds. The van der Waals surface area contributed by atoms with Crippen molar-refractivity contribution in [1.82, 2.24) is 9.78 Å². The minimum Gasteiger partial charge on any atom is -0.374 e. The van der Waals surface area contributed by atoms with Crippen LogP contribution in [-0.2, 0) is 6.73 Å². The van der Waals surface area contributed by atoms with E-state index in [2.05, 4.69) is 22.6 Å². The second-order valence-electron chi connectivity index (χ2n) is 3.88. The number of aliphatic hydroxyl groups is 1. The van der Waals surface area contributed by atoms with E-state index in [1.54, 1.807) is 16.0 Å². The van der Waals surface area contributed by atoms with Gasteiger partial charge in [-0.1, -0.05) is 0 Å². The number of aromatic nitrogens is 2. The minimum atomic E-state index is -0.0179. The van der Waals surface area contributed by atoms with E-state index < -0.39 is 0 Å². The fourth-order valence-corrected chi connectivity index (χ4v) is 2.45. The lowest BCUT2D eigenvalue weighted by Gasteiger charge is -1.99. The number of nitrogens with zero attached hydrogens (tertiary/aromatic N) is 2. The van der Waals surface area contributed by atoms with Crippen molar-refractivity contribution in [3.8, 4) is 11.3 Å². The lowest BCUT2D eigenvalue weighted by atomic mass is 10.2. The zero-order valence-electron chi connectivity index (χ0n) is 8.26. The maximum absolute atomic E-state index is 9.21. The molecule has 0 radical (unpaired) electrons. The van der Waals surface area contributed by atoms with Crippen LogP contribution in [0.4, 0.5) is 0 Å². The molecule has 1 saturated carbocycles. The van der Waals surface area contributed by atoms with Crippen LogP contribution < -0.4 is 0 Å². The summed E-state index contributed by atoms with van der Waals surface area (Å²) >= 11 is 1.67. The van der Waals surface area contributed by atoms with Crippen LogP contribution in [0.1, 0.15) is 24.5 Å². The second kappa shape index (κ2) is 3.47. The van der Waals surface area contributed by atoms with Crippen LogP contribution in [0.3, 0.4) is 0 Å². The van der Waals surface area contributed by atoms with Gasteiger partial charge in [0.25, 0.3) is 0 Å². The minimum absolute atomic E-state index is 0.0179. The summed E-state index contributed by atoms with van der Waals surface area (Å²) < 4.78 is 1.71. The van der Waals surface area contributed by atoms with Crippen LogP contribution in [0, 0.1) is 0 Å². The van der Waals surface area contributed by atoms with Crippen molar-refractivity contribution in [2.75, 3.05) is 0 Å². The highest BCUT2D eigenvalue weighted by molar-refractivity contribution is 7.08. The molecular weight excluding hydrogens is 208 g/mol. The van der Waals surface area contributed by atoms with E-state index in [0.29, 0.717) is 5.92 Å². The highest BCUT2D eigenvalue weighted by Gasteiger charge is 2.28. The van der Waals surface area contributed by atoms with Gasteiger partial charge in [-0.05, 0) is 30.4 Å². The van der Waals surface area contributed by atoms with E-state index >= 15 is 0 Å². The Bertz CT molecular complexity index is 457.